The maximum absolute atomic E-state index is 11.4. The van der Waals surface area contributed by atoms with Crippen LogP contribution in [0.2, 0.25) is 0 Å². The first-order valence-electron chi connectivity index (χ1n) is 5.97. The fraction of sp³-hybridized carbons (Fsp3) is 0.727. The van der Waals surface area contributed by atoms with E-state index in [0.717, 1.165) is 12.8 Å². The summed E-state index contributed by atoms with van der Waals surface area (Å²) in [5, 5.41) is 8.55. The van der Waals surface area contributed by atoms with Crippen molar-refractivity contribution in [2.24, 2.45) is 4.99 Å². The molecule has 1 rings (SSSR count). The Morgan fingerprint density at radius 2 is 1.79 bits per heavy atom. The number of rotatable bonds is 5. The van der Waals surface area contributed by atoms with E-state index in [1.165, 1.54) is 4.90 Å². The van der Waals surface area contributed by atoms with E-state index in [9.17, 15) is 9.59 Å². The van der Waals surface area contributed by atoms with Crippen molar-refractivity contribution < 1.29 is 9.59 Å². The number of nitrogens with one attached hydrogen (secondary N) is 3. The summed E-state index contributed by atoms with van der Waals surface area (Å²) in [5.41, 5.74) is 0. The van der Waals surface area contributed by atoms with Gasteiger partial charge in [-0.1, -0.05) is 0 Å². The predicted octanol–water partition coefficient (Wildman–Crippen LogP) is -0.864. The molecule has 8 heteroatoms. The minimum Gasteiger partial charge on any atom is -0.352 e. The maximum atomic E-state index is 11.4. The summed E-state index contributed by atoms with van der Waals surface area (Å²) in [6.07, 6.45) is 2.13. The van der Waals surface area contributed by atoms with Gasteiger partial charge in [0.2, 0.25) is 11.8 Å². The predicted molar refractivity (Wildman–Crippen MR) is 84.6 cm³/mol. The first kappa shape index (κ1) is 17.9. The van der Waals surface area contributed by atoms with Crippen molar-refractivity contribution in [3.63, 3.8) is 0 Å². The fourth-order valence-electron chi connectivity index (χ4n) is 1.21. The van der Waals surface area contributed by atoms with Gasteiger partial charge in [0.05, 0.1) is 13.1 Å². The summed E-state index contributed by atoms with van der Waals surface area (Å²) in [4.78, 5) is 28.2. The van der Waals surface area contributed by atoms with Crippen LogP contribution in [0.15, 0.2) is 4.99 Å². The zero-order valence-electron chi connectivity index (χ0n) is 11.5. The van der Waals surface area contributed by atoms with Gasteiger partial charge in [-0.2, -0.15) is 0 Å². The lowest BCUT2D eigenvalue weighted by Gasteiger charge is -2.14. The molecule has 2 amide bonds. The highest BCUT2D eigenvalue weighted by Crippen LogP contribution is 2.18. The number of amides is 2. The number of hydrogen-bond acceptors (Lipinski definition) is 3. The van der Waals surface area contributed by atoms with Gasteiger partial charge in [0, 0.05) is 27.2 Å². The van der Waals surface area contributed by atoms with Crippen LogP contribution in [0.25, 0.3) is 0 Å². The van der Waals surface area contributed by atoms with Gasteiger partial charge < -0.3 is 20.9 Å². The second-order valence-corrected chi connectivity index (χ2v) is 4.41. The summed E-state index contributed by atoms with van der Waals surface area (Å²) >= 11 is 0. The van der Waals surface area contributed by atoms with Crippen molar-refractivity contribution >= 4 is 41.8 Å². The average Bonchev–Trinajstić information content (AvgIpc) is 3.12. The lowest BCUT2D eigenvalue weighted by atomic mass is 10.5. The molecule has 0 saturated heterocycles. The molecule has 0 heterocycles. The highest BCUT2D eigenvalue weighted by atomic mass is 127. The molecule has 7 nitrogen and oxygen atoms in total. The highest BCUT2D eigenvalue weighted by molar-refractivity contribution is 14.0. The standard InChI is InChI=1S/C11H21N5O2.HI/c1-12-11(14-7-10(18)16(2)3)13-6-9(17)15-8-4-5-8;/h8H,4-7H2,1-3H3,(H,15,17)(H2,12,13,14);1H. The molecule has 0 aliphatic heterocycles. The first-order valence-corrected chi connectivity index (χ1v) is 5.97. The van der Waals surface area contributed by atoms with Gasteiger partial charge in [-0.3, -0.25) is 14.6 Å². The van der Waals surface area contributed by atoms with Gasteiger partial charge >= 0.3 is 0 Å². The Morgan fingerprint density at radius 1 is 1.21 bits per heavy atom. The van der Waals surface area contributed by atoms with E-state index in [2.05, 4.69) is 20.9 Å². The molecule has 19 heavy (non-hydrogen) atoms. The Morgan fingerprint density at radius 3 is 2.26 bits per heavy atom. The molecule has 0 aromatic rings. The van der Waals surface area contributed by atoms with Crippen molar-refractivity contribution in [1.82, 2.24) is 20.9 Å². The largest absolute Gasteiger partial charge is 0.352 e. The molecule has 0 atom stereocenters. The zero-order chi connectivity index (χ0) is 13.5. The summed E-state index contributed by atoms with van der Waals surface area (Å²) in [7, 11) is 4.96. The molecule has 3 N–H and O–H groups in total. The third kappa shape index (κ3) is 7.85. The second kappa shape index (κ2) is 8.94. The Hall–Kier alpha value is -1.06. The molecule has 1 aliphatic carbocycles. The third-order valence-electron chi connectivity index (χ3n) is 2.49. The Bertz CT molecular complexity index is 342. The van der Waals surface area contributed by atoms with Gasteiger partial charge in [-0.25, -0.2) is 0 Å². The van der Waals surface area contributed by atoms with Crippen molar-refractivity contribution in [3.8, 4) is 0 Å². The Labute approximate surface area is 130 Å². The van der Waals surface area contributed by atoms with E-state index in [1.54, 1.807) is 21.1 Å². The lowest BCUT2D eigenvalue weighted by molar-refractivity contribution is -0.127. The number of carbonyl (C=O) groups is 2. The quantitative estimate of drug-likeness (QED) is 0.328. The highest BCUT2D eigenvalue weighted by Gasteiger charge is 2.22. The van der Waals surface area contributed by atoms with Crippen LogP contribution in [-0.4, -0.2) is 62.9 Å². The molecule has 0 bridgehead atoms. The van der Waals surface area contributed by atoms with Crippen LogP contribution in [0.1, 0.15) is 12.8 Å². The van der Waals surface area contributed by atoms with Crippen molar-refractivity contribution in [3.05, 3.63) is 0 Å². The molecule has 0 aromatic heterocycles. The van der Waals surface area contributed by atoms with E-state index < -0.39 is 0 Å². The van der Waals surface area contributed by atoms with Crippen molar-refractivity contribution in [2.75, 3.05) is 34.2 Å². The zero-order valence-corrected chi connectivity index (χ0v) is 13.9. The van der Waals surface area contributed by atoms with Crippen LogP contribution in [0, 0.1) is 0 Å². The summed E-state index contributed by atoms with van der Waals surface area (Å²) in [6, 6.07) is 0.351. The molecular weight excluding hydrogens is 361 g/mol. The van der Waals surface area contributed by atoms with Crippen molar-refractivity contribution in [1.29, 1.82) is 0 Å². The number of aliphatic imine (C=N–C) groups is 1. The monoisotopic (exact) mass is 383 g/mol. The molecular formula is C11H22IN5O2. The van der Waals surface area contributed by atoms with Gasteiger partial charge in [0.25, 0.3) is 0 Å². The number of guanidine groups is 1. The molecule has 1 saturated carbocycles. The smallest absolute Gasteiger partial charge is 0.241 e. The lowest BCUT2D eigenvalue weighted by Crippen LogP contribution is -2.46. The summed E-state index contributed by atoms with van der Waals surface area (Å²) < 4.78 is 0. The van der Waals surface area contributed by atoms with Crippen LogP contribution in [0.5, 0.6) is 0 Å². The van der Waals surface area contributed by atoms with Crippen LogP contribution < -0.4 is 16.0 Å². The van der Waals surface area contributed by atoms with Gasteiger partial charge in [0.15, 0.2) is 5.96 Å². The van der Waals surface area contributed by atoms with Gasteiger partial charge in [0.1, 0.15) is 0 Å². The molecule has 1 fully saturated rings. The minimum atomic E-state index is -0.0561. The SMILES string of the molecule is CN=C(NCC(=O)NC1CC1)NCC(=O)N(C)C.I. The fourth-order valence-corrected chi connectivity index (χ4v) is 1.21. The number of halogens is 1. The summed E-state index contributed by atoms with van der Waals surface area (Å²) in [5.74, 6) is 0.330. The van der Waals surface area contributed by atoms with Crippen LogP contribution in [0.4, 0.5) is 0 Å². The topological polar surface area (TPSA) is 85.8 Å². The molecule has 0 aromatic carbocycles. The Kier molecular flexibility index (Phi) is 8.44. The average molecular weight is 383 g/mol. The van der Waals surface area contributed by atoms with Crippen LogP contribution >= 0.6 is 24.0 Å². The van der Waals surface area contributed by atoms with Crippen LogP contribution in [-0.2, 0) is 9.59 Å². The van der Waals surface area contributed by atoms with E-state index in [0.29, 0.717) is 12.0 Å². The number of nitrogens with zero attached hydrogens (tertiary/aromatic N) is 2. The normalized spacial score (nSPS) is 14.2. The van der Waals surface area contributed by atoms with E-state index in [1.807, 2.05) is 0 Å². The molecule has 0 radical (unpaired) electrons. The first-order chi connectivity index (χ1) is 8.52. The molecule has 0 spiro atoms. The molecule has 1 aliphatic rings. The van der Waals surface area contributed by atoms with E-state index in [-0.39, 0.29) is 48.9 Å². The number of carbonyl (C=O) groups excluding carboxylic acids is 2. The molecule has 110 valence electrons. The van der Waals surface area contributed by atoms with E-state index >= 15 is 0 Å². The van der Waals surface area contributed by atoms with Crippen LogP contribution in [0.3, 0.4) is 0 Å². The minimum absolute atomic E-state index is 0. The van der Waals surface area contributed by atoms with Gasteiger partial charge in [-0.05, 0) is 12.8 Å². The third-order valence-corrected chi connectivity index (χ3v) is 2.49. The Balaban J connectivity index is 0.00000324. The summed E-state index contributed by atoms with van der Waals surface area (Å²) in [6.45, 7) is 0.309. The molecule has 0 unspecified atom stereocenters. The number of likely N-dealkylation sites (N-methyl/N-ethyl adjacent to an activating group) is 1. The maximum Gasteiger partial charge on any atom is 0.241 e. The van der Waals surface area contributed by atoms with E-state index in [4.69, 9.17) is 0 Å². The second-order valence-electron chi connectivity index (χ2n) is 4.41. The van der Waals surface area contributed by atoms with Crippen molar-refractivity contribution in [2.45, 2.75) is 18.9 Å². The van der Waals surface area contributed by atoms with Gasteiger partial charge in [-0.15, -0.1) is 24.0 Å². The number of hydrogen-bond donors (Lipinski definition) is 3.